The largest absolute Gasteiger partial charge is 0.473 e. The molecule has 0 saturated carbocycles. The number of alkyl halides is 9. The third kappa shape index (κ3) is 3.23. The van der Waals surface area contributed by atoms with Crippen molar-refractivity contribution in [2.75, 3.05) is 0 Å². The lowest BCUT2D eigenvalue weighted by Gasteiger charge is -2.33. The van der Waals surface area contributed by atoms with E-state index in [1.165, 1.54) is 0 Å². The van der Waals surface area contributed by atoms with Crippen LogP contribution in [0.4, 0.5) is 48.3 Å². The van der Waals surface area contributed by atoms with Crippen LogP contribution >= 0.6 is 15.9 Å². The minimum absolute atomic E-state index is 0.717. The summed E-state index contributed by atoms with van der Waals surface area (Å²) < 4.78 is 135. The lowest BCUT2D eigenvalue weighted by Crippen LogP contribution is -2.61. The molecule has 0 atom stereocenters. The second kappa shape index (κ2) is 4.98. The molecular weight excluding hydrogens is 377 g/mol. The van der Waals surface area contributed by atoms with Crippen LogP contribution in [0.5, 0.6) is 0 Å². The summed E-state index contributed by atoms with van der Waals surface area (Å²) in [6.07, 6.45) is -10.3. The standard InChI is InChI=1S/C6BrF11O/c7-5(15,16)3(11,12)4(13,14)6(17,18)19-2(10)1(8)9. The maximum atomic E-state index is 12.5. The molecular formula is C6BrF11O. The van der Waals surface area contributed by atoms with Crippen LogP contribution in [0.2, 0.25) is 0 Å². The first-order valence-corrected chi connectivity index (χ1v) is 4.47. The number of halogens is 12. The van der Waals surface area contributed by atoms with Crippen molar-refractivity contribution in [3.8, 4) is 0 Å². The van der Waals surface area contributed by atoms with Crippen molar-refractivity contribution >= 4 is 15.9 Å². The zero-order valence-electron chi connectivity index (χ0n) is 7.94. The van der Waals surface area contributed by atoms with Crippen LogP contribution in [-0.4, -0.2) is 22.8 Å². The van der Waals surface area contributed by atoms with Gasteiger partial charge in [-0.15, -0.1) is 0 Å². The van der Waals surface area contributed by atoms with Gasteiger partial charge in [-0.25, -0.2) is 0 Å². The van der Waals surface area contributed by atoms with Gasteiger partial charge < -0.3 is 4.74 Å². The zero-order chi connectivity index (χ0) is 15.9. The van der Waals surface area contributed by atoms with Crippen molar-refractivity contribution in [3.63, 3.8) is 0 Å². The van der Waals surface area contributed by atoms with E-state index >= 15 is 0 Å². The van der Waals surface area contributed by atoms with Gasteiger partial charge in [-0.2, -0.15) is 48.3 Å². The molecule has 0 aliphatic carbocycles. The normalized spacial score (nSPS) is 14.3. The molecule has 0 aromatic carbocycles. The van der Waals surface area contributed by atoms with Gasteiger partial charge in [0, 0.05) is 0 Å². The van der Waals surface area contributed by atoms with E-state index < -0.39 is 34.9 Å². The van der Waals surface area contributed by atoms with Crippen LogP contribution in [0.3, 0.4) is 0 Å². The average Bonchev–Trinajstić information content (AvgIpc) is 2.14. The number of hydrogen-bond acceptors (Lipinski definition) is 1. The van der Waals surface area contributed by atoms with Gasteiger partial charge in [0.2, 0.25) is 0 Å². The number of hydrogen-bond donors (Lipinski definition) is 0. The second-order valence-electron chi connectivity index (χ2n) is 2.80. The van der Waals surface area contributed by atoms with Gasteiger partial charge in [0.25, 0.3) is 0 Å². The molecule has 0 rings (SSSR count). The van der Waals surface area contributed by atoms with E-state index in [1.807, 2.05) is 4.74 Å². The quantitative estimate of drug-likeness (QED) is 0.377. The van der Waals surface area contributed by atoms with Crippen molar-refractivity contribution in [1.82, 2.24) is 0 Å². The van der Waals surface area contributed by atoms with Crippen LogP contribution in [0.15, 0.2) is 12.1 Å². The molecule has 0 unspecified atom stereocenters. The summed E-state index contributed by atoms with van der Waals surface area (Å²) in [6.45, 7) is 0. The Morgan fingerprint density at radius 2 is 1.11 bits per heavy atom. The summed E-state index contributed by atoms with van der Waals surface area (Å²) >= 11 is 0.717. The Balaban J connectivity index is 5.59. The van der Waals surface area contributed by atoms with E-state index in [0.717, 1.165) is 15.9 Å². The third-order valence-electron chi connectivity index (χ3n) is 1.48. The Kier molecular flexibility index (Phi) is 4.78. The van der Waals surface area contributed by atoms with Gasteiger partial charge in [0.1, 0.15) is 0 Å². The highest BCUT2D eigenvalue weighted by Crippen LogP contribution is 2.55. The van der Waals surface area contributed by atoms with E-state index in [-0.39, 0.29) is 0 Å². The average molecular weight is 377 g/mol. The molecule has 0 aliphatic heterocycles. The van der Waals surface area contributed by atoms with E-state index in [9.17, 15) is 48.3 Å². The molecule has 0 aliphatic rings. The summed E-state index contributed by atoms with van der Waals surface area (Å²) in [4.78, 5) is -5.84. The summed E-state index contributed by atoms with van der Waals surface area (Å²) in [5.74, 6) is -13.8. The van der Waals surface area contributed by atoms with Gasteiger partial charge in [-0.3, -0.25) is 0 Å². The van der Waals surface area contributed by atoms with E-state index in [0.29, 0.717) is 0 Å². The highest BCUT2D eigenvalue weighted by molar-refractivity contribution is 9.10. The summed E-state index contributed by atoms with van der Waals surface area (Å²) in [5.41, 5.74) is 0. The van der Waals surface area contributed by atoms with E-state index in [4.69, 9.17) is 0 Å². The van der Waals surface area contributed by atoms with Gasteiger partial charge >= 0.3 is 34.9 Å². The fraction of sp³-hybridized carbons (Fsp3) is 0.667. The lowest BCUT2D eigenvalue weighted by atomic mass is 10.1. The molecule has 0 radical (unpaired) electrons. The van der Waals surface area contributed by atoms with Crippen LogP contribution in [-0.2, 0) is 4.74 Å². The van der Waals surface area contributed by atoms with Crippen molar-refractivity contribution in [1.29, 1.82) is 0 Å². The topological polar surface area (TPSA) is 9.23 Å². The highest BCUT2D eigenvalue weighted by atomic mass is 79.9. The molecule has 19 heavy (non-hydrogen) atoms. The number of ether oxygens (including phenoxy) is 1. The molecule has 0 spiro atoms. The first-order chi connectivity index (χ1) is 8.08. The Labute approximate surface area is 105 Å². The fourth-order valence-corrected chi connectivity index (χ4v) is 0.825. The smallest absolute Gasteiger partial charge is 0.397 e. The van der Waals surface area contributed by atoms with Crippen molar-refractivity contribution in [2.45, 2.75) is 22.8 Å². The predicted octanol–water partition coefficient (Wildman–Crippen LogP) is 4.89. The van der Waals surface area contributed by atoms with Gasteiger partial charge in [0.15, 0.2) is 0 Å². The van der Waals surface area contributed by atoms with Crippen molar-refractivity contribution < 1.29 is 53.0 Å². The van der Waals surface area contributed by atoms with Crippen molar-refractivity contribution in [3.05, 3.63) is 12.1 Å². The Hall–Kier alpha value is -0.750. The summed E-state index contributed by atoms with van der Waals surface area (Å²) in [7, 11) is 0. The zero-order valence-corrected chi connectivity index (χ0v) is 9.53. The van der Waals surface area contributed by atoms with Crippen LogP contribution in [0.1, 0.15) is 0 Å². The molecule has 0 aromatic heterocycles. The lowest BCUT2D eigenvalue weighted by molar-refractivity contribution is -0.411. The molecule has 0 N–H and O–H groups in total. The van der Waals surface area contributed by atoms with Crippen LogP contribution in [0, 0.1) is 0 Å². The Morgan fingerprint density at radius 3 is 1.37 bits per heavy atom. The maximum Gasteiger partial charge on any atom is 0.473 e. The monoisotopic (exact) mass is 376 g/mol. The predicted molar refractivity (Wildman–Crippen MR) is 40.2 cm³/mol. The van der Waals surface area contributed by atoms with Gasteiger partial charge in [-0.1, -0.05) is 0 Å². The first kappa shape index (κ1) is 18.2. The molecule has 0 aromatic rings. The molecule has 13 heteroatoms. The SMILES string of the molecule is FC(F)=C(F)OC(F)(F)C(F)(F)C(F)(F)C(F)(F)Br. The minimum atomic E-state index is -7.00. The van der Waals surface area contributed by atoms with Crippen molar-refractivity contribution in [2.24, 2.45) is 0 Å². The fourth-order valence-electron chi connectivity index (χ4n) is 0.576. The van der Waals surface area contributed by atoms with Crippen LogP contribution < -0.4 is 0 Å². The van der Waals surface area contributed by atoms with E-state index in [2.05, 4.69) is 0 Å². The van der Waals surface area contributed by atoms with Crippen LogP contribution in [0.25, 0.3) is 0 Å². The minimum Gasteiger partial charge on any atom is -0.397 e. The summed E-state index contributed by atoms with van der Waals surface area (Å²) in [5, 5.41) is 0. The Morgan fingerprint density at radius 1 is 0.737 bits per heavy atom. The molecule has 1 nitrogen and oxygen atoms in total. The van der Waals surface area contributed by atoms with Gasteiger partial charge in [-0.05, 0) is 15.9 Å². The third-order valence-corrected chi connectivity index (χ3v) is 1.98. The maximum absolute atomic E-state index is 12.5. The molecule has 0 amide bonds. The van der Waals surface area contributed by atoms with E-state index in [1.54, 1.807) is 0 Å². The molecule has 0 heterocycles. The molecule has 0 bridgehead atoms. The number of rotatable bonds is 5. The molecule has 0 fully saturated rings. The first-order valence-electron chi connectivity index (χ1n) is 3.68. The molecule has 0 saturated heterocycles. The Bertz CT molecular complexity index is 366. The molecule has 114 valence electrons. The highest BCUT2D eigenvalue weighted by Gasteiger charge is 2.82. The summed E-state index contributed by atoms with van der Waals surface area (Å²) in [6, 6.07) is -3.61. The second-order valence-corrected chi connectivity index (χ2v) is 3.80. The van der Waals surface area contributed by atoms with Gasteiger partial charge in [0.05, 0.1) is 0 Å².